The van der Waals surface area contributed by atoms with E-state index in [0.717, 1.165) is 36.6 Å². The minimum atomic E-state index is -0.751. The van der Waals surface area contributed by atoms with Crippen LogP contribution in [0.3, 0.4) is 0 Å². The Morgan fingerprint density at radius 1 is 1.53 bits per heavy atom. The third-order valence-corrected chi connectivity index (χ3v) is 4.86. The summed E-state index contributed by atoms with van der Waals surface area (Å²) < 4.78 is 17.3. The lowest BCUT2D eigenvalue weighted by Gasteiger charge is -2.23. The van der Waals surface area contributed by atoms with Crippen LogP contribution in [0.15, 0.2) is 18.2 Å². The molecule has 2 atom stereocenters. The highest BCUT2D eigenvalue weighted by Gasteiger charge is 2.22. The second-order valence-electron chi connectivity index (χ2n) is 4.20. The van der Waals surface area contributed by atoms with E-state index in [1.807, 2.05) is 12.1 Å². The van der Waals surface area contributed by atoms with Gasteiger partial charge in [-0.2, -0.15) is 0 Å². The van der Waals surface area contributed by atoms with E-state index in [1.165, 1.54) is 5.56 Å². The van der Waals surface area contributed by atoms with E-state index in [1.54, 1.807) is 7.11 Å². The van der Waals surface area contributed by atoms with Gasteiger partial charge in [0, 0.05) is 29.6 Å². The molecule has 2 rings (SSSR count). The second kappa shape index (κ2) is 5.65. The molecule has 4 heteroatoms. The first-order valence-corrected chi connectivity index (χ1v) is 7.39. The number of rotatable bonds is 3. The van der Waals surface area contributed by atoms with Crippen LogP contribution in [-0.2, 0) is 17.2 Å². The van der Waals surface area contributed by atoms with Gasteiger partial charge in [-0.1, -0.05) is 19.1 Å². The third-order valence-electron chi connectivity index (χ3n) is 3.18. The van der Waals surface area contributed by atoms with Gasteiger partial charge in [0.25, 0.3) is 0 Å². The van der Waals surface area contributed by atoms with Crippen molar-refractivity contribution in [2.24, 2.45) is 0 Å². The highest BCUT2D eigenvalue weighted by molar-refractivity contribution is 7.85. The lowest BCUT2D eigenvalue weighted by molar-refractivity contribution is 0.410. The van der Waals surface area contributed by atoms with Gasteiger partial charge in [-0.05, 0) is 23.6 Å². The van der Waals surface area contributed by atoms with E-state index in [4.69, 9.17) is 4.74 Å². The molecule has 0 aromatic heterocycles. The summed E-state index contributed by atoms with van der Waals surface area (Å²) in [5.41, 5.74) is 2.35. The summed E-state index contributed by atoms with van der Waals surface area (Å²) in [4.78, 5) is 0. The van der Waals surface area contributed by atoms with Gasteiger partial charge in [0.05, 0.1) is 12.4 Å². The molecule has 1 aromatic carbocycles. The molecule has 1 saturated heterocycles. The van der Waals surface area contributed by atoms with Crippen molar-refractivity contribution in [3.63, 3.8) is 0 Å². The predicted octanol–water partition coefficient (Wildman–Crippen LogP) is 1.65. The first kappa shape index (κ1) is 12.6. The van der Waals surface area contributed by atoms with Crippen LogP contribution < -0.4 is 10.1 Å². The van der Waals surface area contributed by atoms with Gasteiger partial charge >= 0.3 is 0 Å². The smallest absolute Gasteiger partial charge is 0.122 e. The molecule has 1 aromatic rings. The Balaban J connectivity index is 2.29. The molecule has 0 spiro atoms. The normalized spacial score (nSPS) is 24.6. The fourth-order valence-electron chi connectivity index (χ4n) is 2.19. The Kier molecular flexibility index (Phi) is 4.18. The molecular formula is C13H19NO2S. The van der Waals surface area contributed by atoms with Crippen LogP contribution in [0.1, 0.15) is 23.3 Å². The molecule has 0 radical (unpaired) electrons. The lowest BCUT2D eigenvalue weighted by Crippen LogP contribution is -2.35. The number of methoxy groups -OCH3 is 1. The molecule has 1 fully saturated rings. The highest BCUT2D eigenvalue weighted by atomic mass is 32.2. The summed E-state index contributed by atoms with van der Waals surface area (Å²) in [5.74, 6) is 1.67. The maximum absolute atomic E-state index is 12.0. The molecule has 0 amide bonds. The van der Waals surface area contributed by atoms with Gasteiger partial charge in [-0.15, -0.1) is 0 Å². The molecular weight excluding hydrogens is 234 g/mol. The van der Waals surface area contributed by atoms with Crippen LogP contribution >= 0.6 is 0 Å². The zero-order chi connectivity index (χ0) is 12.3. The largest absolute Gasteiger partial charge is 0.496 e. The first-order chi connectivity index (χ1) is 8.26. The molecule has 1 N–H and O–H groups in total. The monoisotopic (exact) mass is 253 g/mol. The van der Waals surface area contributed by atoms with Crippen molar-refractivity contribution in [3.8, 4) is 5.75 Å². The maximum Gasteiger partial charge on any atom is 0.122 e. The van der Waals surface area contributed by atoms with E-state index in [9.17, 15) is 4.21 Å². The molecule has 0 aliphatic carbocycles. The minimum Gasteiger partial charge on any atom is -0.496 e. The van der Waals surface area contributed by atoms with Gasteiger partial charge in [-0.3, -0.25) is 4.21 Å². The van der Waals surface area contributed by atoms with Crippen LogP contribution in [0.4, 0.5) is 0 Å². The average molecular weight is 253 g/mol. The summed E-state index contributed by atoms with van der Waals surface area (Å²) in [6.45, 7) is 3.78. The van der Waals surface area contributed by atoms with Gasteiger partial charge in [-0.25, -0.2) is 0 Å². The summed E-state index contributed by atoms with van der Waals surface area (Å²) in [5, 5.41) is 3.43. The quantitative estimate of drug-likeness (QED) is 0.890. The van der Waals surface area contributed by atoms with Crippen LogP contribution in [0, 0.1) is 0 Å². The van der Waals surface area contributed by atoms with E-state index in [2.05, 4.69) is 18.3 Å². The average Bonchev–Trinajstić information content (AvgIpc) is 2.38. The summed E-state index contributed by atoms with van der Waals surface area (Å²) in [7, 11) is 0.938. The van der Waals surface area contributed by atoms with Crippen molar-refractivity contribution in [2.45, 2.75) is 18.6 Å². The van der Waals surface area contributed by atoms with Crippen molar-refractivity contribution in [3.05, 3.63) is 29.3 Å². The number of ether oxygens (including phenoxy) is 1. The van der Waals surface area contributed by atoms with Crippen molar-refractivity contribution >= 4 is 10.8 Å². The van der Waals surface area contributed by atoms with Crippen LogP contribution in [-0.4, -0.2) is 30.2 Å². The standard InChI is InChI=1S/C13H19NO2S/c1-3-10-8-11(4-5-12(10)16-2)13-9-14-6-7-17(13)15/h4-5,8,13-14H,3,6-7,9H2,1-2H3. The zero-order valence-corrected chi connectivity index (χ0v) is 11.2. The Bertz CT molecular complexity index is 420. The second-order valence-corrected chi connectivity index (χ2v) is 5.94. The number of hydrogen-bond acceptors (Lipinski definition) is 3. The van der Waals surface area contributed by atoms with Gasteiger partial charge in [0.15, 0.2) is 0 Å². The van der Waals surface area contributed by atoms with Gasteiger partial charge < -0.3 is 10.1 Å². The van der Waals surface area contributed by atoms with Crippen molar-refractivity contribution in [2.75, 3.05) is 26.0 Å². The van der Waals surface area contributed by atoms with E-state index < -0.39 is 10.8 Å². The molecule has 1 heterocycles. The number of benzene rings is 1. The molecule has 1 aliphatic heterocycles. The Labute approximate surface area is 105 Å². The molecule has 2 unspecified atom stereocenters. The number of aryl methyl sites for hydroxylation is 1. The lowest BCUT2D eigenvalue weighted by atomic mass is 10.0. The topological polar surface area (TPSA) is 38.3 Å². The SMILES string of the molecule is CCc1cc(C2CNCCS2=O)ccc1OC. The number of hydrogen-bond donors (Lipinski definition) is 1. The van der Waals surface area contributed by atoms with Gasteiger partial charge in [0.1, 0.15) is 5.75 Å². The molecule has 0 saturated carbocycles. The summed E-state index contributed by atoms with van der Waals surface area (Å²) >= 11 is 0. The molecule has 3 nitrogen and oxygen atoms in total. The van der Waals surface area contributed by atoms with Crippen molar-refractivity contribution in [1.29, 1.82) is 0 Å². The van der Waals surface area contributed by atoms with E-state index in [-0.39, 0.29) is 5.25 Å². The predicted molar refractivity (Wildman–Crippen MR) is 71.0 cm³/mol. The Hall–Kier alpha value is -0.870. The molecule has 0 bridgehead atoms. The van der Waals surface area contributed by atoms with E-state index >= 15 is 0 Å². The van der Waals surface area contributed by atoms with Crippen molar-refractivity contribution in [1.82, 2.24) is 5.32 Å². The molecule has 94 valence electrons. The number of nitrogens with one attached hydrogen (secondary N) is 1. The van der Waals surface area contributed by atoms with Crippen LogP contribution in [0.5, 0.6) is 5.75 Å². The Morgan fingerprint density at radius 2 is 2.35 bits per heavy atom. The first-order valence-electron chi connectivity index (χ1n) is 6.01. The summed E-state index contributed by atoms with van der Waals surface area (Å²) in [6, 6.07) is 6.15. The molecule has 17 heavy (non-hydrogen) atoms. The van der Waals surface area contributed by atoms with Gasteiger partial charge in [0.2, 0.25) is 0 Å². The van der Waals surface area contributed by atoms with E-state index in [0.29, 0.717) is 0 Å². The maximum atomic E-state index is 12.0. The fraction of sp³-hybridized carbons (Fsp3) is 0.538. The fourth-order valence-corrected chi connectivity index (χ4v) is 3.57. The Morgan fingerprint density at radius 3 is 3.00 bits per heavy atom. The highest BCUT2D eigenvalue weighted by Crippen LogP contribution is 2.27. The van der Waals surface area contributed by atoms with Crippen LogP contribution in [0.25, 0.3) is 0 Å². The zero-order valence-electron chi connectivity index (χ0n) is 10.4. The van der Waals surface area contributed by atoms with Crippen molar-refractivity contribution < 1.29 is 8.95 Å². The van der Waals surface area contributed by atoms with Crippen LogP contribution in [0.2, 0.25) is 0 Å². The molecule has 1 aliphatic rings. The third kappa shape index (κ3) is 2.69. The minimum absolute atomic E-state index is 0.125. The summed E-state index contributed by atoms with van der Waals surface area (Å²) in [6.07, 6.45) is 0.934.